The SMILES string of the molecule is Cc1oc2ncn(C)c(=O)c2c1C(=O)OCC(=O)Nc1c(C#N)c(C)c(C)n1Cc1ccc(F)cc1. The third-order valence-corrected chi connectivity index (χ3v) is 5.94. The molecular formula is C25H22FN5O5. The molecule has 0 spiro atoms. The number of fused-ring (bicyclic) bond motifs is 1. The molecule has 0 aliphatic rings. The number of halogens is 1. The number of nitrogens with one attached hydrogen (secondary N) is 1. The van der Waals surface area contributed by atoms with E-state index >= 15 is 0 Å². The number of carbonyl (C=O) groups is 2. The van der Waals surface area contributed by atoms with Crippen LogP contribution in [0.3, 0.4) is 0 Å². The highest BCUT2D eigenvalue weighted by Crippen LogP contribution is 2.27. The molecule has 184 valence electrons. The van der Waals surface area contributed by atoms with Gasteiger partial charge < -0.3 is 23.6 Å². The molecule has 36 heavy (non-hydrogen) atoms. The first-order chi connectivity index (χ1) is 17.1. The Morgan fingerprint density at radius 1 is 1.22 bits per heavy atom. The molecule has 0 aliphatic carbocycles. The smallest absolute Gasteiger partial charge is 0.343 e. The van der Waals surface area contributed by atoms with E-state index in [2.05, 4.69) is 16.4 Å². The van der Waals surface area contributed by atoms with E-state index in [4.69, 9.17) is 9.15 Å². The average molecular weight is 491 g/mol. The second kappa shape index (κ2) is 9.50. The third-order valence-electron chi connectivity index (χ3n) is 5.94. The van der Waals surface area contributed by atoms with Crippen LogP contribution in [0.1, 0.15) is 38.5 Å². The summed E-state index contributed by atoms with van der Waals surface area (Å²) in [5.74, 6) is -1.60. The highest BCUT2D eigenvalue weighted by molar-refractivity contribution is 6.04. The molecule has 0 radical (unpaired) electrons. The molecule has 1 amide bonds. The summed E-state index contributed by atoms with van der Waals surface area (Å²) in [6.07, 6.45) is 1.27. The number of furan rings is 1. The van der Waals surface area contributed by atoms with Crippen LogP contribution in [0.5, 0.6) is 0 Å². The number of hydrogen-bond donors (Lipinski definition) is 1. The molecule has 0 aliphatic heterocycles. The molecule has 4 rings (SSSR count). The predicted octanol–water partition coefficient (Wildman–Crippen LogP) is 3.11. The molecule has 11 heteroatoms. The van der Waals surface area contributed by atoms with E-state index in [1.54, 1.807) is 30.5 Å². The van der Waals surface area contributed by atoms with Gasteiger partial charge in [-0.15, -0.1) is 0 Å². The predicted molar refractivity (Wildman–Crippen MR) is 127 cm³/mol. The van der Waals surface area contributed by atoms with Crippen molar-refractivity contribution in [1.82, 2.24) is 14.1 Å². The Kier molecular flexibility index (Phi) is 6.44. The van der Waals surface area contributed by atoms with Gasteiger partial charge in [-0.2, -0.15) is 5.26 Å². The van der Waals surface area contributed by atoms with Gasteiger partial charge in [-0.1, -0.05) is 12.1 Å². The molecule has 1 N–H and O–H groups in total. The lowest BCUT2D eigenvalue weighted by molar-refractivity contribution is -0.119. The fourth-order valence-corrected chi connectivity index (χ4v) is 3.90. The first-order valence-corrected chi connectivity index (χ1v) is 10.9. The summed E-state index contributed by atoms with van der Waals surface area (Å²) in [5, 5.41) is 12.3. The molecule has 4 aromatic rings. The summed E-state index contributed by atoms with van der Waals surface area (Å²) in [4.78, 5) is 42.0. The highest BCUT2D eigenvalue weighted by Gasteiger charge is 2.25. The molecule has 0 saturated carbocycles. The molecule has 10 nitrogen and oxygen atoms in total. The van der Waals surface area contributed by atoms with Crippen molar-refractivity contribution >= 4 is 28.8 Å². The van der Waals surface area contributed by atoms with E-state index in [0.717, 1.165) is 11.3 Å². The van der Waals surface area contributed by atoms with Crippen molar-refractivity contribution in [3.05, 3.63) is 80.5 Å². The zero-order valence-corrected chi connectivity index (χ0v) is 20.0. The molecule has 1 aromatic carbocycles. The third kappa shape index (κ3) is 4.36. The van der Waals surface area contributed by atoms with Gasteiger partial charge in [0, 0.05) is 19.3 Å². The maximum absolute atomic E-state index is 13.3. The van der Waals surface area contributed by atoms with Gasteiger partial charge in [0.2, 0.25) is 5.71 Å². The number of esters is 1. The van der Waals surface area contributed by atoms with Crippen LogP contribution >= 0.6 is 0 Å². The zero-order valence-electron chi connectivity index (χ0n) is 20.0. The lowest BCUT2D eigenvalue weighted by Gasteiger charge is -2.13. The molecule has 0 unspecified atom stereocenters. The molecular weight excluding hydrogens is 469 g/mol. The number of rotatable bonds is 6. The standard InChI is InChI=1S/C25H22FN5O5/c1-13-14(2)31(10-16-5-7-17(26)8-6-16)22(18(13)9-27)29-19(32)11-35-25(34)20-15(3)36-23-21(20)24(33)30(4)12-28-23/h5-8,12H,10-11H2,1-4H3,(H,29,32). The Balaban J connectivity index is 1.55. The molecule has 0 fully saturated rings. The van der Waals surface area contributed by atoms with Crippen molar-refractivity contribution in [2.45, 2.75) is 27.3 Å². The minimum absolute atomic E-state index is 0.00441. The number of benzene rings is 1. The minimum atomic E-state index is -0.916. The van der Waals surface area contributed by atoms with E-state index in [1.165, 1.54) is 37.0 Å². The summed E-state index contributed by atoms with van der Waals surface area (Å²) in [6.45, 7) is 4.66. The maximum atomic E-state index is 13.3. The van der Waals surface area contributed by atoms with Crippen LogP contribution in [0, 0.1) is 37.9 Å². The monoisotopic (exact) mass is 491 g/mol. The van der Waals surface area contributed by atoms with Gasteiger partial charge in [0.1, 0.15) is 40.7 Å². The van der Waals surface area contributed by atoms with Gasteiger partial charge in [0.25, 0.3) is 11.5 Å². The van der Waals surface area contributed by atoms with Gasteiger partial charge in [-0.3, -0.25) is 9.59 Å². The lowest BCUT2D eigenvalue weighted by atomic mass is 10.2. The Hall–Kier alpha value is -4.72. The number of amides is 1. The quantitative estimate of drug-likeness (QED) is 0.410. The number of ether oxygens (including phenoxy) is 1. The first kappa shape index (κ1) is 24.4. The van der Waals surface area contributed by atoms with Gasteiger partial charge >= 0.3 is 5.97 Å². The van der Waals surface area contributed by atoms with Crippen molar-refractivity contribution in [3.63, 3.8) is 0 Å². The number of nitrogens with zero attached hydrogens (tertiary/aromatic N) is 4. The molecule has 3 heterocycles. The summed E-state index contributed by atoms with van der Waals surface area (Å²) in [7, 11) is 1.48. The zero-order chi connectivity index (χ0) is 26.1. The Morgan fingerprint density at radius 3 is 2.58 bits per heavy atom. The van der Waals surface area contributed by atoms with Gasteiger partial charge in [0.05, 0.1) is 5.56 Å². The van der Waals surface area contributed by atoms with Gasteiger partial charge in [-0.25, -0.2) is 14.2 Å². The Labute approximate surface area is 204 Å². The van der Waals surface area contributed by atoms with Crippen molar-refractivity contribution in [2.75, 3.05) is 11.9 Å². The van der Waals surface area contributed by atoms with E-state index in [-0.39, 0.29) is 46.2 Å². The summed E-state index contributed by atoms with van der Waals surface area (Å²) in [6, 6.07) is 7.97. The summed E-state index contributed by atoms with van der Waals surface area (Å²) in [5.41, 5.74) is 1.85. The number of nitriles is 1. The Morgan fingerprint density at radius 2 is 1.92 bits per heavy atom. The molecule has 0 bridgehead atoms. The largest absolute Gasteiger partial charge is 0.452 e. The van der Waals surface area contributed by atoms with Crippen LogP contribution in [0.15, 0.2) is 39.8 Å². The van der Waals surface area contributed by atoms with E-state index in [0.29, 0.717) is 5.56 Å². The van der Waals surface area contributed by atoms with Crippen LogP contribution in [0.25, 0.3) is 11.1 Å². The first-order valence-electron chi connectivity index (χ1n) is 10.9. The molecule has 0 saturated heterocycles. The van der Waals surface area contributed by atoms with Crippen LogP contribution in [0.2, 0.25) is 0 Å². The number of anilines is 1. The fourth-order valence-electron chi connectivity index (χ4n) is 3.90. The van der Waals surface area contributed by atoms with Crippen molar-refractivity contribution in [3.8, 4) is 6.07 Å². The maximum Gasteiger partial charge on any atom is 0.343 e. The van der Waals surface area contributed by atoms with Crippen LogP contribution in [0.4, 0.5) is 10.2 Å². The van der Waals surface area contributed by atoms with Crippen molar-refractivity contribution in [1.29, 1.82) is 5.26 Å². The van der Waals surface area contributed by atoms with Crippen LogP contribution < -0.4 is 10.9 Å². The average Bonchev–Trinajstić information content (AvgIpc) is 3.30. The van der Waals surface area contributed by atoms with E-state index < -0.39 is 24.0 Å². The number of carbonyl (C=O) groups excluding carboxylic acids is 2. The normalized spacial score (nSPS) is 10.9. The summed E-state index contributed by atoms with van der Waals surface area (Å²) < 4.78 is 26.8. The van der Waals surface area contributed by atoms with Gasteiger partial charge in [-0.05, 0) is 44.0 Å². The molecule has 0 atom stereocenters. The number of aromatic nitrogens is 3. The van der Waals surface area contributed by atoms with Crippen LogP contribution in [-0.2, 0) is 23.1 Å². The second-order valence-electron chi connectivity index (χ2n) is 8.26. The van der Waals surface area contributed by atoms with Gasteiger partial charge in [0.15, 0.2) is 6.61 Å². The highest BCUT2D eigenvalue weighted by atomic mass is 19.1. The topological polar surface area (TPSA) is 132 Å². The van der Waals surface area contributed by atoms with Crippen molar-refractivity contribution < 1.29 is 23.1 Å². The molecule has 3 aromatic heterocycles. The Bertz CT molecular complexity index is 1610. The van der Waals surface area contributed by atoms with Crippen LogP contribution in [-0.4, -0.2) is 32.6 Å². The van der Waals surface area contributed by atoms with E-state index in [9.17, 15) is 24.0 Å². The van der Waals surface area contributed by atoms with Crippen molar-refractivity contribution in [2.24, 2.45) is 7.05 Å². The fraction of sp³-hybridized carbons (Fsp3) is 0.240. The second-order valence-corrected chi connectivity index (χ2v) is 8.26. The summed E-state index contributed by atoms with van der Waals surface area (Å²) >= 11 is 0. The minimum Gasteiger partial charge on any atom is -0.452 e. The number of aryl methyl sites for hydroxylation is 2. The number of hydrogen-bond acceptors (Lipinski definition) is 7. The van der Waals surface area contributed by atoms with E-state index in [1.807, 2.05) is 0 Å². The lowest BCUT2D eigenvalue weighted by Crippen LogP contribution is -2.24.